The number of hydrogen-bond donors (Lipinski definition) is 0. The summed E-state index contributed by atoms with van der Waals surface area (Å²) in [6.07, 6.45) is 3.76. The van der Waals surface area contributed by atoms with Crippen LogP contribution in [0.15, 0.2) is 48.6 Å². The minimum absolute atomic E-state index is 1.03. The lowest BCUT2D eigenvalue weighted by molar-refractivity contribution is 1.39. The van der Waals surface area contributed by atoms with Crippen molar-refractivity contribution in [3.8, 4) is 0 Å². The van der Waals surface area contributed by atoms with Crippen LogP contribution in [0.1, 0.15) is 0 Å². The van der Waals surface area contributed by atoms with Crippen LogP contribution in [0.2, 0.25) is 0 Å². The van der Waals surface area contributed by atoms with E-state index >= 15 is 0 Å². The summed E-state index contributed by atoms with van der Waals surface area (Å²) in [7, 11) is 0. The van der Waals surface area contributed by atoms with Gasteiger partial charge in [0.2, 0.25) is 0 Å². The third kappa shape index (κ3) is 0.463. The summed E-state index contributed by atoms with van der Waals surface area (Å²) < 4.78 is 0. The summed E-state index contributed by atoms with van der Waals surface area (Å²) in [6.45, 7) is 11.1. The van der Waals surface area contributed by atoms with Gasteiger partial charge in [-0.25, -0.2) is 0 Å². The summed E-state index contributed by atoms with van der Waals surface area (Å²) in [6, 6.07) is 0. The van der Waals surface area contributed by atoms with Crippen molar-refractivity contribution in [2.24, 2.45) is 0 Å². The van der Waals surface area contributed by atoms with E-state index in [1.54, 1.807) is 6.08 Å². The molecule has 0 saturated carbocycles. The van der Waals surface area contributed by atoms with Gasteiger partial charge in [-0.3, -0.25) is 0 Å². The van der Waals surface area contributed by atoms with Gasteiger partial charge in [0.1, 0.15) is 0 Å². The first-order chi connectivity index (χ1) is 3.75. The highest BCUT2D eigenvalue weighted by atomic mass is 14.1. The van der Waals surface area contributed by atoms with Crippen molar-refractivity contribution in [2.75, 3.05) is 0 Å². The van der Waals surface area contributed by atoms with Crippen molar-refractivity contribution >= 4 is 0 Å². The highest BCUT2D eigenvalue weighted by Gasteiger charge is 2.10. The summed E-state index contributed by atoms with van der Waals surface area (Å²) >= 11 is 0. The molecule has 0 aromatic heterocycles. The van der Waals surface area contributed by atoms with Gasteiger partial charge < -0.3 is 0 Å². The molecule has 0 saturated heterocycles. The lowest BCUT2D eigenvalue weighted by Gasteiger charge is -2.16. The standard InChI is InChI=1S/C8H8/c1-4-8-5-6(2)7(8)3/h4-5H,1-3H2. The van der Waals surface area contributed by atoms with Gasteiger partial charge in [-0.05, 0) is 22.8 Å². The molecular weight excluding hydrogens is 96.1 g/mol. The first-order valence-electron chi connectivity index (χ1n) is 2.48. The van der Waals surface area contributed by atoms with Crippen LogP contribution < -0.4 is 0 Å². The molecule has 1 aliphatic carbocycles. The summed E-state index contributed by atoms with van der Waals surface area (Å²) in [5, 5.41) is 0. The normalized spacial score (nSPS) is 17.2. The Bertz CT molecular complexity index is 192. The fourth-order valence-corrected chi connectivity index (χ4v) is 0.652. The minimum atomic E-state index is 1.03. The van der Waals surface area contributed by atoms with Crippen molar-refractivity contribution in [1.82, 2.24) is 0 Å². The van der Waals surface area contributed by atoms with Crippen LogP contribution in [-0.2, 0) is 0 Å². The quantitative estimate of drug-likeness (QED) is 0.478. The maximum Gasteiger partial charge on any atom is -0.0184 e. The maximum absolute atomic E-state index is 3.75. The van der Waals surface area contributed by atoms with Crippen molar-refractivity contribution in [3.05, 3.63) is 48.6 Å². The van der Waals surface area contributed by atoms with E-state index in [-0.39, 0.29) is 0 Å². The largest absolute Gasteiger partial charge is 0.0984 e. The van der Waals surface area contributed by atoms with Crippen LogP contribution in [0.5, 0.6) is 0 Å². The highest BCUT2D eigenvalue weighted by molar-refractivity contribution is 5.64. The van der Waals surface area contributed by atoms with Gasteiger partial charge in [-0.2, -0.15) is 0 Å². The molecule has 0 amide bonds. The molecule has 0 fully saturated rings. The second-order valence-corrected chi connectivity index (χ2v) is 1.81. The molecule has 1 aliphatic rings. The topological polar surface area (TPSA) is 0 Å². The molecule has 0 unspecified atom stereocenters. The average Bonchev–Trinajstić information content (AvgIpc) is 1.81. The molecule has 0 heterocycles. The third-order valence-corrected chi connectivity index (χ3v) is 1.29. The first kappa shape index (κ1) is 5.10. The van der Waals surface area contributed by atoms with Crippen molar-refractivity contribution < 1.29 is 0 Å². The summed E-state index contributed by atoms with van der Waals surface area (Å²) in [4.78, 5) is 0. The van der Waals surface area contributed by atoms with Crippen LogP contribution >= 0.6 is 0 Å². The molecule has 40 valence electrons. The molecule has 8 heavy (non-hydrogen) atoms. The number of allylic oxidation sites excluding steroid dienone is 5. The second kappa shape index (κ2) is 1.48. The van der Waals surface area contributed by atoms with Gasteiger partial charge in [0, 0.05) is 0 Å². The van der Waals surface area contributed by atoms with E-state index in [1.165, 1.54) is 0 Å². The molecule has 1 rings (SSSR count). The smallest absolute Gasteiger partial charge is 0.0184 e. The SMILES string of the molecule is C=CC1=CC(=C)C1=C. The van der Waals surface area contributed by atoms with E-state index in [4.69, 9.17) is 0 Å². The second-order valence-electron chi connectivity index (χ2n) is 1.81. The molecule has 0 aromatic carbocycles. The Hall–Kier alpha value is -1.04. The molecule has 0 N–H and O–H groups in total. The van der Waals surface area contributed by atoms with Crippen LogP contribution in [0.25, 0.3) is 0 Å². The molecule has 0 heteroatoms. The number of hydrogen-bond acceptors (Lipinski definition) is 0. The summed E-state index contributed by atoms with van der Waals surface area (Å²) in [5.41, 5.74) is 3.18. The average molecular weight is 104 g/mol. The third-order valence-electron chi connectivity index (χ3n) is 1.29. The molecule has 0 aromatic rings. The number of rotatable bonds is 1. The van der Waals surface area contributed by atoms with Gasteiger partial charge in [0.05, 0.1) is 0 Å². The predicted octanol–water partition coefficient (Wildman–Crippen LogP) is 2.22. The zero-order chi connectivity index (χ0) is 6.15. The molecule has 0 aliphatic heterocycles. The van der Waals surface area contributed by atoms with Crippen molar-refractivity contribution in [1.29, 1.82) is 0 Å². The van der Waals surface area contributed by atoms with Gasteiger partial charge in [0.25, 0.3) is 0 Å². The minimum Gasteiger partial charge on any atom is -0.0984 e. The van der Waals surface area contributed by atoms with Crippen LogP contribution in [0, 0.1) is 0 Å². The Labute approximate surface area is 49.5 Å². The van der Waals surface area contributed by atoms with Crippen LogP contribution in [0.4, 0.5) is 0 Å². The fourth-order valence-electron chi connectivity index (χ4n) is 0.652. The van der Waals surface area contributed by atoms with Crippen molar-refractivity contribution in [3.63, 3.8) is 0 Å². The van der Waals surface area contributed by atoms with Gasteiger partial charge in [0.15, 0.2) is 0 Å². The molecule has 0 atom stereocenters. The van der Waals surface area contributed by atoms with E-state index in [1.807, 2.05) is 6.08 Å². The fraction of sp³-hybridized carbons (Fsp3) is 0. The van der Waals surface area contributed by atoms with Crippen molar-refractivity contribution in [2.45, 2.75) is 0 Å². The lowest BCUT2D eigenvalue weighted by atomic mass is 9.89. The van der Waals surface area contributed by atoms with Gasteiger partial charge in [-0.15, -0.1) is 0 Å². The Kier molecular flexibility index (Phi) is 0.943. The Morgan fingerprint density at radius 3 is 2.12 bits per heavy atom. The van der Waals surface area contributed by atoms with Crippen LogP contribution in [-0.4, -0.2) is 0 Å². The molecule has 0 bridgehead atoms. The summed E-state index contributed by atoms with van der Waals surface area (Å²) in [5.74, 6) is 0. The van der Waals surface area contributed by atoms with E-state index < -0.39 is 0 Å². The Morgan fingerprint density at radius 2 is 2.00 bits per heavy atom. The van der Waals surface area contributed by atoms with E-state index in [0.717, 1.165) is 16.7 Å². The molecule has 0 spiro atoms. The zero-order valence-corrected chi connectivity index (χ0v) is 4.78. The monoisotopic (exact) mass is 104 g/mol. The molecule has 0 radical (unpaired) electrons. The molecular formula is C8H8. The van der Waals surface area contributed by atoms with E-state index in [9.17, 15) is 0 Å². The Balaban J connectivity index is 2.93. The zero-order valence-electron chi connectivity index (χ0n) is 4.78. The maximum atomic E-state index is 3.75. The predicted molar refractivity (Wildman–Crippen MR) is 36.6 cm³/mol. The van der Waals surface area contributed by atoms with Crippen LogP contribution in [0.3, 0.4) is 0 Å². The highest BCUT2D eigenvalue weighted by Crippen LogP contribution is 2.28. The van der Waals surface area contributed by atoms with E-state index in [2.05, 4.69) is 19.7 Å². The van der Waals surface area contributed by atoms with Gasteiger partial charge >= 0.3 is 0 Å². The van der Waals surface area contributed by atoms with Gasteiger partial charge in [-0.1, -0.05) is 25.8 Å². The van der Waals surface area contributed by atoms with E-state index in [0.29, 0.717) is 0 Å². The Morgan fingerprint density at radius 1 is 1.38 bits per heavy atom. The first-order valence-corrected chi connectivity index (χ1v) is 2.48. The lowest BCUT2D eigenvalue weighted by Crippen LogP contribution is -1.97. The molecule has 0 nitrogen and oxygen atoms in total.